The topological polar surface area (TPSA) is 53.6 Å². The van der Waals surface area contributed by atoms with Gasteiger partial charge in [-0.1, -0.05) is 18.2 Å². The van der Waals surface area contributed by atoms with Gasteiger partial charge in [-0.05, 0) is 18.6 Å². The van der Waals surface area contributed by atoms with Crippen molar-refractivity contribution in [2.24, 2.45) is 7.05 Å². The molecule has 0 aliphatic heterocycles. The second-order valence-corrected chi connectivity index (χ2v) is 4.25. The molecule has 0 saturated heterocycles. The quantitative estimate of drug-likeness (QED) is 0.888. The third-order valence-electron chi connectivity index (χ3n) is 3.11. The molecule has 0 saturated carbocycles. The van der Waals surface area contributed by atoms with Crippen LogP contribution in [0.3, 0.4) is 0 Å². The number of rotatable bonds is 4. The molecule has 92 valence electrons. The van der Waals surface area contributed by atoms with Crippen LogP contribution >= 0.6 is 0 Å². The molecule has 1 aromatic heterocycles. The molecule has 0 atom stereocenters. The minimum atomic E-state index is 0.693. The van der Waals surface area contributed by atoms with Crippen LogP contribution in [0.4, 0.5) is 0 Å². The van der Waals surface area contributed by atoms with Crippen LogP contribution in [0.15, 0.2) is 30.5 Å². The Hall–Kier alpha value is -2.12. The lowest BCUT2D eigenvalue weighted by Gasteiger charge is -2.06. The molecule has 1 aromatic carbocycles. The molecule has 18 heavy (non-hydrogen) atoms. The molecule has 0 aliphatic carbocycles. The van der Waals surface area contributed by atoms with Crippen molar-refractivity contribution in [3.8, 4) is 6.07 Å². The highest BCUT2D eigenvalue weighted by Gasteiger charge is 2.04. The van der Waals surface area contributed by atoms with Crippen molar-refractivity contribution in [2.45, 2.75) is 20.0 Å². The van der Waals surface area contributed by atoms with Gasteiger partial charge in [0.25, 0.3) is 0 Å². The summed E-state index contributed by atoms with van der Waals surface area (Å²) in [5.41, 5.74) is 4.11. The summed E-state index contributed by atoms with van der Waals surface area (Å²) in [5.74, 6) is 0. The maximum atomic E-state index is 8.99. The molecule has 1 N–H and O–H groups in total. The summed E-state index contributed by atoms with van der Waals surface area (Å²) in [7, 11) is 1.93. The second-order valence-electron chi connectivity index (χ2n) is 4.25. The fourth-order valence-corrected chi connectivity index (χ4v) is 1.83. The maximum absolute atomic E-state index is 8.99. The van der Waals surface area contributed by atoms with E-state index in [2.05, 4.69) is 16.5 Å². The SMILES string of the molecule is Cc1c(CNCc2ccccc2C#N)cnn1C. The third-order valence-corrected chi connectivity index (χ3v) is 3.11. The van der Waals surface area contributed by atoms with Crippen LogP contribution in [0.25, 0.3) is 0 Å². The molecule has 0 fully saturated rings. The Balaban J connectivity index is 1.97. The fraction of sp³-hybridized carbons (Fsp3) is 0.286. The first kappa shape index (κ1) is 12.3. The summed E-state index contributed by atoms with van der Waals surface area (Å²) in [4.78, 5) is 0. The summed E-state index contributed by atoms with van der Waals surface area (Å²) >= 11 is 0. The highest BCUT2D eigenvalue weighted by Crippen LogP contribution is 2.08. The van der Waals surface area contributed by atoms with Gasteiger partial charge in [-0.2, -0.15) is 10.4 Å². The minimum absolute atomic E-state index is 0.693. The molecule has 0 aliphatic rings. The van der Waals surface area contributed by atoms with E-state index in [9.17, 15) is 0 Å². The molecule has 4 nitrogen and oxygen atoms in total. The van der Waals surface area contributed by atoms with Crippen molar-refractivity contribution in [3.63, 3.8) is 0 Å². The van der Waals surface area contributed by atoms with Gasteiger partial charge in [0.1, 0.15) is 0 Å². The van der Waals surface area contributed by atoms with Crippen LogP contribution in [0.5, 0.6) is 0 Å². The minimum Gasteiger partial charge on any atom is -0.308 e. The average Bonchev–Trinajstić information content (AvgIpc) is 2.71. The van der Waals surface area contributed by atoms with Crippen molar-refractivity contribution in [3.05, 3.63) is 52.8 Å². The Kier molecular flexibility index (Phi) is 3.75. The zero-order valence-electron chi connectivity index (χ0n) is 10.6. The second kappa shape index (κ2) is 5.48. The molecular formula is C14H16N4. The summed E-state index contributed by atoms with van der Waals surface area (Å²) in [6.45, 7) is 3.50. The van der Waals surface area contributed by atoms with Crippen LogP contribution in [0.1, 0.15) is 22.4 Å². The molecule has 0 amide bonds. The first-order valence-corrected chi connectivity index (χ1v) is 5.88. The van der Waals surface area contributed by atoms with Crippen molar-refractivity contribution >= 4 is 0 Å². The highest BCUT2D eigenvalue weighted by atomic mass is 15.3. The van der Waals surface area contributed by atoms with Crippen molar-refractivity contribution in [1.82, 2.24) is 15.1 Å². The van der Waals surface area contributed by atoms with Gasteiger partial charge in [-0.3, -0.25) is 4.68 Å². The van der Waals surface area contributed by atoms with Crippen LogP contribution in [0.2, 0.25) is 0 Å². The average molecular weight is 240 g/mol. The molecule has 0 radical (unpaired) electrons. The zero-order chi connectivity index (χ0) is 13.0. The van der Waals surface area contributed by atoms with Gasteiger partial charge in [0.05, 0.1) is 17.8 Å². The lowest BCUT2D eigenvalue weighted by atomic mass is 10.1. The van der Waals surface area contributed by atoms with E-state index in [1.165, 1.54) is 5.56 Å². The molecule has 1 heterocycles. The molecule has 2 aromatic rings. The lowest BCUT2D eigenvalue weighted by molar-refractivity contribution is 0.684. The third kappa shape index (κ3) is 2.58. The van der Waals surface area contributed by atoms with E-state index in [1.54, 1.807) is 0 Å². The predicted octanol–water partition coefficient (Wildman–Crippen LogP) is 1.89. The monoisotopic (exact) mass is 240 g/mol. The molecule has 0 unspecified atom stereocenters. The Morgan fingerprint density at radius 3 is 2.67 bits per heavy atom. The summed E-state index contributed by atoms with van der Waals surface area (Å²) in [6, 6.07) is 9.85. The molecule has 0 spiro atoms. The first-order chi connectivity index (χ1) is 8.72. The van der Waals surface area contributed by atoms with Crippen molar-refractivity contribution in [2.75, 3.05) is 0 Å². The first-order valence-electron chi connectivity index (χ1n) is 5.88. The Morgan fingerprint density at radius 2 is 2.00 bits per heavy atom. The number of nitrogens with zero attached hydrogens (tertiary/aromatic N) is 3. The number of nitriles is 1. The van der Waals surface area contributed by atoms with Crippen LogP contribution in [-0.2, 0) is 20.1 Å². The largest absolute Gasteiger partial charge is 0.308 e. The van der Waals surface area contributed by atoms with Crippen molar-refractivity contribution < 1.29 is 0 Å². The lowest BCUT2D eigenvalue weighted by Crippen LogP contribution is -2.14. The van der Waals surface area contributed by atoms with E-state index >= 15 is 0 Å². The zero-order valence-corrected chi connectivity index (χ0v) is 10.6. The van der Waals surface area contributed by atoms with Gasteiger partial charge < -0.3 is 5.32 Å². The fourth-order valence-electron chi connectivity index (χ4n) is 1.83. The van der Waals surface area contributed by atoms with E-state index in [-0.39, 0.29) is 0 Å². The van der Waals surface area contributed by atoms with E-state index in [0.29, 0.717) is 6.54 Å². The Bertz CT molecular complexity index is 578. The van der Waals surface area contributed by atoms with Crippen molar-refractivity contribution in [1.29, 1.82) is 5.26 Å². The van der Waals surface area contributed by atoms with Crippen LogP contribution in [-0.4, -0.2) is 9.78 Å². The maximum Gasteiger partial charge on any atom is 0.0995 e. The Morgan fingerprint density at radius 1 is 1.28 bits per heavy atom. The van der Waals surface area contributed by atoms with Gasteiger partial charge in [0.2, 0.25) is 0 Å². The smallest absolute Gasteiger partial charge is 0.0995 e. The normalized spacial score (nSPS) is 10.3. The number of benzene rings is 1. The number of nitrogens with one attached hydrogen (secondary N) is 1. The van der Waals surface area contributed by atoms with Crippen LogP contribution in [0, 0.1) is 18.3 Å². The molecule has 2 rings (SSSR count). The number of aryl methyl sites for hydroxylation is 1. The molecule has 4 heteroatoms. The summed E-state index contributed by atoms with van der Waals surface area (Å²) < 4.78 is 1.86. The highest BCUT2D eigenvalue weighted by molar-refractivity contribution is 5.37. The molecular weight excluding hydrogens is 224 g/mol. The van der Waals surface area contributed by atoms with Gasteiger partial charge in [0.15, 0.2) is 0 Å². The van der Waals surface area contributed by atoms with Gasteiger partial charge in [0, 0.05) is 31.4 Å². The number of hydrogen-bond acceptors (Lipinski definition) is 3. The number of hydrogen-bond donors (Lipinski definition) is 1. The molecule has 0 bridgehead atoms. The summed E-state index contributed by atoms with van der Waals surface area (Å²) in [6.07, 6.45) is 1.87. The van der Waals surface area contributed by atoms with Crippen LogP contribution < -0.4 is 5.32 Å². The predicted molar refractivity (Wildman–Crippen MR) is 69.6 cm³/mol. The Labute approximate surface area is 107 Å². The van der Waals surface area contributed by atoms with Gasteiger partial charge in [-0.15, -0.1) is 0 Å². The van der Waals surface area contributed by atoms with Gasteiger partial charge >= 0.3 is 0 Å². The van der Waals surface area contributed by atoms with E-state index in [4.69, 9.17) is 5.26 Å². The number of aromatic nitrogens is 2. The van der Waals surface area contributed by atoms with Gasteiger partial charge in [-0.25, -0.2) is 0 Å². The van der Waals surface area contributed by atoms with E-state index in [1.807, 2.05) is 49.1 Å². The van der Waals surface area contributed by atoms with E-state index in [0.717, 1.165) is 23.4 Å². The summed E-state index contributed by atoms with van der Waals surface area (Å²) in [5, 5.41) is 16.5. The van der Waals surface area contributed by atoms with E-state index < -0.39 is 0 Å². The standard InChI is InChI=1S/C14H16N4/c1-11-14(10-17-18(11)2)9-16-8-13-6-4-3-5-12(13)7-15/h3-6,10,16H,8-9H2,1-2H3.